The number of sulfonamides is 1. The summed E-state index contributed by atoms with van der Waals surface area (Å²) in [6.45, 7) is 7.16. The van der Waals surface area contributed by atoms with Crippen LogP contribution in [0, 0.1) is 13.8 Å². The van der Waals surface area contributed by atoms with Gasteiger partial charge in [-0.3, -0.25) is 9.59 Å². The van der Waals surface area contributed by atoms with Crippen molar-refractivity contribution >= 4 is 21.9 Å². The van der Waals surface area contributed by atoms with Gasteiger partial charge in [0.05, 0.1) is 4.90 Å². The molecule has 0 aromatic heterocycles. The molecule has 7 nitrogen and oxygen atoms in total. The number of aryl methyl sites for hydroxylation is 2. The lowest BCUT2D eigenvalue weighted by Crippen LogP contribution is -2.34. The zero-order valence-electron chi connectivity index (χ0n) is 15.1. The Morgan fingerprint density at radius 2 is 1.84 bits per heavy atom. The highest BCUT2D eigenvalue weighted by atomic mass is 32.2. The summed E-state index contributed by atoms with van der Waals surface area (Å²) >= 11 is 0. The van der Waals surface area contributed by atoms with Gasteiger partial charge in [-0.25, -0.2) is 13.1 Å². The number of hydrogen-bond donors (Lipinski definition) is 2. The molecule has 0 saturated carbocycles. The van der Waals surface area contributed by atoms with Crippen molar-refractivity contribution in [3.05, 3.63) is 29.3 Å². The van der Waals surface area contributed by atoms with E-state index in [1.165, 1.54) is 0 Å². The molecule has 1 amide bonds. The standard InChI is InChI=1S/C17H26N2O5S/c1-12(2)19-16(20)11-24-17(21)6-5-9-18-25(22,23)15-8-7-13(3)14(4)10-15/h7-8,10,12,18H,5-6,9,11H2,1-4H3,(H,19,20). The lowest BCUT2D eigenvalue weighted by atomic mass is 10.1. The lowest BCUT2D eigenvalue weighted by molar-refractivity contribution is -0.148. The summed E-state index contributed by atoms with van der Waals surface area (Å²) in [6, 6.07) is 4.89. The van der Waals surface area contributed by atoms with E-state index in [1.54, 1.807) is 32.0 Å². The Balaban J connectivity index is 2.35. The van der Waals surface area contributed by atoms with Crippen molar-refractivity contribution in [1.29, 1.82) is 0 Å². The van der Waals surface area contributed by atoms with Gasteiger partial charge in [0, 0.05) is 19.0 Å². The molecule has 140 valence electrons. The Morgan fingerprint density at radius 3 is 2.44 bits per heavy atom. The van der Waals surface area contributed by atoms with Gasteiger partial charge in [-0.15, -0.1) is 0 Å². The summed E-state index contributed by atoms with van der Waals surface area (Å²) in [6.07, 6.45) is 0.319. The van der Waals surface area contributed by atoms with E-state index in [0.29, 0.717) is 0 Å². The topological polar surface area (TPSA) is 102 Å². The normalized spacial score (nSPS) is 11.4. The number of nitrogens with one attached hydrogen (secondary N) is 2. The zero-order chi connectivity index (χ0) is 19.0. The van der Waals surface area contributed by atoms with E-state index in [4.69, 9.17) is 4.74 Å². The Labute approximate surface area is 149 Å². The van der Waals surface area contributed by atoms with Crippen LogP contribution in [0.15, 0.2) is 23.1 Å². The number of amides is 1. The molecule has 0 radical (unpaired) electrons. The maximum atomic E-state index is 12.2. The van der Waals surface area contributed by atoms with Crippen molar-refractivity contribution in [2.45, 2.75) is 51.5 Å². The molecule has 0 fully saturated rings. The fourth-order valence-corrected chi connectivity index (χ4v) is 3.14. The van der Waals surface area contributed by atoms with Gasteiger partial charge in [0.25, 0.3) is 5.91 Å². The molecule has 2 N–H and O–H groups in total. The third-order valence-electron chi connectivity index (χ3n) is 3.45. The maximum absolute atomic E-state index is 12.2. The second-order valence-corrected chi connectivity index (χ2v) is 7.90. The Kier molecular flexibility index (Phi) is 8.05. The smallest absolute Gasteiger partial charge is 0.306 e. The zero-order valence-corrected chi connectivity index (χ0v) is 15.9. The molecule has 0 aliphatic rings. The van der Waals surface area contributed by atoms with E-state index >= 15 is 0 Å². The first kappa shape index (κ1) is 21.1. The van der Waals surface area contributed by atoms with Gasteiger partial charge in [-0.05, 0) is 57.4 Å². The third-order valence-corrected chi connectivity index (χ3v) is 4.91. The Morgan fingerprint density at radius 1 is 1.16 bits per heavy atom. The molecule has 0 atom stereocenters. The molecule has 1 aromatic carbocycles. The third kappa shape index (κ3) is 7.66. The van der Waals surface area contributed by atoms with E-state index in [9.17, 15) is 18.0 Å². The van der Waals surface area contributed by atoms with Crippen LogP contribution >= 0.6 is 0 Å². The number of benzene rings is 1. The van der Waals surface area contributed by atoms with E-state index in [-0.39, 0.29) is 42.8 Å². The highest BCUT2D eigenvalue weighted by molar-refractivity contribution is 7.89. The fraction of sp³-hybridized carbons (Fsp3) is 0.529. The predicted molar refractivity (Wildman–Crippen MR) is 94.6 cm³/mol. The second-order valence-electron chi connectivity index (χ2n) is 6.13. The largest absolute Gasteiger partial charge is 0.456 e. The predicted octanol–water partition coefficient (Wildman–Crippen LogP) is 1.43. The van der Waals surface area contributed by atoms with Gasteiger partial charge in [-0.2, -0.15) is 0 Å². The molecule has 8 heteroatoms. The monoisotopic (exact) mass is 370 g/mol. The molecule has 0 saturated heterocycles. The first-order valence-corrected chi connectivity index (χ1v) is 9.62. The molecule has 1 rings (SSSR count). The minimum atomic E-state index is -3.60. The molecule has 0 aliphatic heterocycles. The van der Waals surface area contributed by atoms with Gasteiger partial charge in [0.1, 0.15) is 0 Å². The summed E-state index contributed by atoms with van der Waals surface area (Å²) < 4.78 is 31.6. The van der Waals surface area contributed by atoms with Crippen LogP contribution in [-0.4, -0.2) is 39.5 Å². The van der Waals surface area contributed by atoms with Crippen molar-refractivity contribution in [3.8, 4) is 0 Å². The van der Waals surface area contributed by atoms with Crippen LogP contribution < -0.4 is 10.0 Å². The summed E-state index contributed by atoms with van der Waals surface area (Å²) in [5.74, 6) is -0.900. The van der Waals surface area contributed by atoms with Gasteiger partial charge in [0.15, 0.2) is 6.61 Å². The van der Waals surface area contributed by atoms with Crippen molar-refractivity contribution in [1.82, 2.24) is 10.0 Å². The molecule has 0 unspecified atom stereocenters. The molecular formula is C17H26N2O5S. The van der Waals surface area contributed by atoms with Crippen LogP contribution in [-0.2, 0) is 24.3 Å². The van der Waals surface area contributed by atoms with Gasteiger partial charge in [0.2, 0.25) is 10.0 Å². The van der Waals surface area contributed by atoms with Crippen molar-refractivity contribution < 1.29 is 22.7 Å². The van der Waals surface area contributed by atoms with Crippen molar-refractivity contribution in [3.63, 3.8) is 0 Å². The number of carbonyl (C=O) groups is 2. The van der Waals surface area contributed by atoms with E-state index in [2.05, 4.69) is 10.0 Å². The van der Waals surface area contributed by atoms with Crippen LogP contribution in [0.4, 0.5) is 0 Å². The summed E-state index contributed by atoms with van der Waals surface area (Å²) in [5, 5.41) is 2.60. The molecule has 0 bridgehead atoms. The lowest BCUT2D eigenvalue weighted by Gasteiger charge is -2.10. The number of esters is 1. The molecule has 0 aliphatic carbocycles. The molecule has 25 heavy (non-hydrogen) atoms. The van der Waals surface area contributed by atoms with Crippen LogP contribution in [0.25, 0.3) is 0 Å². The average Bonchev–Trinajstić information content (AvgIpc) is 2.51. The van der Waals surface area contributed by atoms with Crippen LogP contribution in [0.1, 0.15) is 37.8 Å². The quantitative estimate of drug-likeness (QED) is 0.506. The molecular weight excluding hydrogens is 344 g/mol. The van der Waals surface area contributed by atoms with Gasteiger partial charge in [-0.1, -0.05) is 6.07 Å². The van der Waals surface area contributed by atoms with Gasteiger partial charge >= 0.3 is 5.97 Å². The maximum Gasteiger partial charge on any atom is 0.306 e. The fourth-order valence-electron chi connectivity index (χ4n) is 1.99. The first-order valence-electron chi connectivity index (χ1n) is 8.13. The SMILES string of the molecule is Cc1ccc(S(=O)(=O)NCCCC(=O)OCC(=O)NC(C)C)cc1C. The van der Waals surface area contributed by atoms with Crippen LogP contribution in [0.2, 0.25) is 0 Å². The molecule has 1 aromatic rings. The molecule has 0 heterocycles. The number of carbonyl (C=O) groups excluding carboxylic acids is 2. The van der Waals surface area contributed by atoms with E-state index in [1.807, 2.05) is 13.8 Å². The summed E-state index contributed by atoms with van der Waals surface area (Å²) in [7, 11) is -3.60. The molecule has 0 spiro atoms. The van der Waals surface area contributed by atoms with Crippen LogP contribution in [0.3, 0.4) is 0 Å². The number of hydrogen-bond acceptors (Lipinski definition) is 5. The number of ether oxygens (including phenoxy) is 1. The Bertz CT molecular complexity index is 714. The van der Waals surface area contributed by atoms with Crippen LogP contribution in [0.5, 0.6) is 0 Å². The number of rotatable bonds is 9. The highest BCUT2D eigenvalue weighted by Crippen LogP contribution is 2.14. The minimum absolute atomic E-state index is 0.0222. The Hall–Kier alpha value is -1.93. The highest BCUT2D eigenvalue weighted by Gasteiger charge is 2.14. The van der Waals surface area contributed by atoms with Crippen molar-refractivity contribution in [2.75, 3.05) is 13.2 Å². The van der Waals surface area contributed by atoms with E-state index < -0.39 is 16.0 Å². The van der Waals surface area contributed by atoms with E-state index in [0.717, 1.165) is 11.1 Å². The van der Waals surface area contributed by atoms with Gasteiger partial charge < -0.3 is 10.1 Å². The minimum Gasteiger partial charge on any atom is -0.456 e. The summed E-state index contributed by atoms with van der Waals surface area (Å²) in [4.78, 5) is 23.1. The second kappa shape index (κ2) is 9.53. The van der Waals surface area contributed by atoms with Crippen molar-refractivity contribution in [2.24, 2.45) is 0 Å². The summed E-state index contributed by atoms with van der Waals surface area (Å²) in [5.41, 5.74) is 1.91. The first-order chi connectivity index (χ1) is 11.6. The average molecular weight is 370 g/mol.